The number of aromatic nitrogens is 5. The number of aliphatic imine (C=N–C) groups is 1. The van der Waals surface area contributed by atoms with Crippen molar-refractivity contribution in [3.63, 3.8) is 0 Å². The number of alkyl halides is 3. The summed E-state index contributed by atoms with van der Waals surface area (Å²) in [4.78, 5) is 10.7. The average Bonchev–Trinajstić information content (AvgIpc) is 3.44. The van der Waals surface area contributed by atoms with Gasteiger partial charge in [0.05, 0.1) is 28.9 Å². The van der Waals surface area contributed by atoms with E-state index in [1.54, 1.807) is 25.3 Å². The molecule has 1 saturated heterocycles. The zero-order valence-electron chi connectivity index (χ0n) is 17.5. The molecule has 3 aromatic heterocycles. The molecule has 0 saturated carbocycles. The Labute approximate surface area is 181 Å². The second kappa shape index (κ2) is 8.26. The molecule has 12 heteroatoms. The number of fused-ring (bicyclic) bond motifs is 1. The minimum Gasteiger partial charge on any atom is -0.405 e. The van der Waals surface area contributed by atoms with Crippen molar-refractivity contribution in [1.82, 2.24) is 25.0 Å². The minimum atomic E-state index is -4.49. The summed E-state index contributed by atoms with van der Waals surface area (Å²) < 4.78 is 41.2. The summed E-state index contributed by atoms with van der Waals surface area (Å²) in [7, 11) is 1.58. The maximum absolute atomic E-state index is 13.4. The van der Waals surface area contributed by atoms with E-state index in [1.807, 2.05) is 11.8 Å². The lowest BCUT2D eigenvalue weighted by Crippen LogP contribution is -2.29. The first-order valence-electron chi connectivity index (χ1n) is 10.00. The van der Waals surface area contributed by atoms with Crippen LogP contribution in [0.1, 0.15) is 19.0 Å². The van der Waals surface area contributed by atoms with Crippen LogP contribution >= 0.6 is 0 Å². The lowest BCUT2D eigenvalue weighted by Gasteiger charge is -2.25. The Kier molecular flexibility index (Phi) is 5.63. The highest BCUT2D eigenvalue weighted by atomic mass is 19.4. The van der Waals surface area contributed by atoms with Gasteiger partial charge >= 0.3 is 6.18 Å². The Morgan fingerprint density at radius 3 is 2.78 bits per heavy atom. The summed E-state index contributed by atoms with van der Waals surface area (Å²) in [5.41, 5.74) is 8.10. The Hall–Kier alpha value is -3.41. The normalized spacial score (nSPS) is 20.2. The Balaban J connectivity index is 2.05. The Morgan fingerprint density at radius 1 is 1.44 bits per heavy atom. The number of aromatic amines is 1. The number of nitrogens with zero attached hydrogens (tertiary/aromatic N) is 6. The van der Waals surface area contributed by atoms with Crippen LogP contribution in [0.4, 0.5) is 18.9 Å². The van der Waals surface area contributed by atoms with E-state index in [0.29, 0.717) is 29.2 Å². The second-order valence-electron chi connectivity index (χ2n) is 7.67. The van der Waals surface area contributed by atoms with E-state index in [1.165, 1.54) is 12.4 Å². The van der Waals surface area contributed by atoms with Crippen molar-refractivity contribution in [3.05, 3.63) is 36.3 Å². The van der Waals surface area contributed by atoms with Gasteiger partial charge in [0, 0.05) is 25.8 Å². The van der Waals surface area contributed by atoms with Crippen LogP contribution in [0.25, 0.3) is 22.4 Å². The van der Waals surface area contributed by atoms with Crippen LogP contribution in [-0.4, -0.2) is 67.7 Å². The molecule has 0 spiro atoms. The summed E-state index contributed by atoms with van der Waals surface area (Å²) in [5.74, 6) is 0. The number of nitrogens with one attached hydrogen (secondary N) is 1. The first kappa shape index (κ1) is 21.8. The number of H-pyrrole nitrogens is 1. The van der Waals surface area contributed by atoms with Crippen LogP contribution in [-0.2, 0) is 6.54 Å². The molecule has 0 radical (unpaired) electrons. The number of anilines is 1. The van der Waals surface area contributed by atoms with E-state index in [2.05, 4.69) is 25.3 Å². The van der Waals surface area contributed by atoms with Gasteiger partial charge in [-0.3, -0.25) is 14.8 Å². The van der Waals surface area contributed by atoms with Gasteiger partial charge in [0.1, 0.15) is 23.3 Å². The van der Waals surface area contributed by atoms with E-state index < -0.39 is 18.8 Å². The lowest BCUT2D eigenvalue weighted by atomic mass is 10.1. The fourth-order valence-corrected chi connectivity index (χ4v) is 4.07. The third-order valence-corrected chi connectivity index (χ3v) is 5.38. The van der Waals surface area contributed by atoms with Crippen LogP contribution in [0.5, 0.6) is 0 Å². The van der Waals surface area contributed by atoms with Crippen molar-refractivity contribution in [2.45, 2.75) is 38.2 Å². The van der Waals surface area contributed by atoms with Crippen LogP contribution in [0.15, 0.2) is 35.6 Å². The molecule has 32 heavy (non-hydrogen) atoms. The topological polar surface area (TPSA) is 121 Å². The molecule has 4 heterocycles. The van der Waals surface area contributed by atoms with E-state index in [4.69, 9.17) is 5.73 Å². The average molecular weight is 448 g/mol. The van der Waals surface area contributed by atoms with Crippen molar-refractivity contribution in [3.8, 4) is 11.4 Å². The quantitative estimate of drug-likeness (QED) is 0.515. The monoisotopic (exact) mass is 448 g/mol. The molecule has 0 amide bonds. The summed E-state index contributed by atoms with van der Waals surface area (Å²) in [6, 6.07) is 3.19. The predicted octanol–water partition coefficient (Wildman–Crippen LogP) is 2.23. The van der Waals surface area contributed by atoms with Crippen LogP contribution < -0.4 is 10.6 Å². The van der Waals surface area contributed by atoms with Crippen LogP contribution in [0, 0.1) is 0 Å². The molecular formula is C20H23F3N8O. The highest BCUT2D eigenvalue weighted by Crippen LogP contribution is 2.37. The molecule has 4 rings (SSSR count). The number of pyridine rings is 1. The zero-order valence-corrected chi connectivity index (χ0v) is 17.5. The fraction of sp³-hybridized carbons (Fsp3) is 0.400. The van der Waals surface area contributed by atoms with Crippen molar-refractivity contribution < 1.29 is 18.3 Å². The summed E-state index contributed by atoms with van der Waals surface area (Å²) in [5, 5.41) is 21.1. The molecule has 1 aliphatic rings. The summed E-state index contributed by atoms with van der Waals surface area (Å²) in [6.45, 7) is 0.909. The van der Waals surface area contributed by atoms with Gasteiger partial charge in [0.2, 0.25) is 0 Å². The van der Waals surface area contributed by atoms with E-state index >= 15 is 0 Å². The highest BCUT2D eigenvalue weighted by Gasteiger charge is 2.35. The molecule has 1 aliphatic heterocycles. The van der Waals surface area contributed by atoms with Crippen LogP contribution in [0.3, 0.4) is 0 Å². The first-order chi connectivity index (χ1) is 15.2. The van der Waals surface area contributed by atoms with Crippen molar-refractivity contribution in [2.75, 3.05) is 18.5 Å². The number of halogens is 3. The van der Waals surface area contributed by atoms with Gasteiger partial charge in [0.15, 0.2) is 0 Å². The van der Waals surface area contributed by atoms with Gasteiger partial charge in [-0.1, -0.05) is 0 Å². The van der Waals surface area contributed by atoms with Gasteiger partial charge in [-0.15, -0.1) is 0 Å². The Morgan fingerprint density at radius 2 is 2.22 bits per heavy atom. The summed E-state index contributed by atoms with van der Waals surface area (Å²) in [6.07, 6.45) is -0.212. The molecule has 1 fully saturated rings. The van der Waals surface area contributed by atoms with Crippen molar-refractivity contribution in [1.29, 1.82) is 0 Å². The van der Waals surface area contributed by atoms with Gasteiger partial charge in [-0.25, -0.2) is 4.98 Å². The number of aliphatic hydroxyl groups excluding tert-OH is 1. The molecule has 0 aliphatic carbocycles. The van der Waals surface area contributed by atoms with Crippen LogP contribution in [0.2, 0.25) is 0 Å². The number of allylic oxidation sites excluding steroid dienone is 1. The number of β-amino-alcohol motifs (C(OH)–C–C–N with tert-alkyl or cyclic N) is 1. The van der Waals surface area contributed by atoms with Gasteiger partial charge in [-0.2, -0.15) is 23.4 Å². The number of hydrogen-bond donors (Lipinski definition) is 3. The highest BCUT2D eigenvalue weighted by molar-refractivity contribution is 6.10. The zero-order chi connectivity index (χ0) is 23.0. The first-order valence-corrected chi connectivity index (χ1v) is 10.00. The molecule has 3 aromatic rings. The molecule has 0 unspecified atom stereocenters. The fourth-order valence-electron chi connectivity index (χ4n) is 4.07. The molecule has 0 aromatic carbocycles. The molecule has 170 valence electrons. The number of hydrogen-bond acceptors (Lipinski definition) is 7. The predicted molar refractivity (Wildman–Crippen MR) is 114 cm³/mol. The maximum Gasteiger partial charge on any atom is 0.408 e. The number of nitrogens with two attached hydrogens (primary N) is 1. The molecule has 2 atom stereocenters. The maximum atomic E-state index is 13.4. The third-order valence-electron chi connectivity index (χ3n) is 5.38. The van der Waals surface area contributed by atoms with E-state index in [9.17, 15) is 18.3 Å². The van der Waals surface area contributed by atoms with Gasteiger partial charge < -0.3 is 15.7 Å². The molecule has 0 bridgehead atoms. The minimum absolute atomic E-state index is 0.0969. The largest absolute Gasteiger partial charge is 0.408 e. The molecule has 9 nitrogen and oxygen atoms in total. The lowest BCUT2D eigenvalue weighted by molar-refractivity contribution is -0.141. The molecular weight excluding hydrogens is 425 g/mol. The summed E-state index contributed by atoms with van der Waals surface area (Å²) >= 11 is 0. The van der Waals surface area contributed by atoms with Gasteiger partial charge in [0.25, 0.3) is 0 Å². The second-order valence-corrected chi connectivity index (χ2v) is 7.67. The van der Waals surface area contributed by atoms with E-state index in [-0.39, 0.29) is 29.3 Å². The third kappa shape index (κ3) is 4.05. The van der Waals surface area contributed by atoms with Crippen molar-refractivity contribution >= 4 is 22.4 Å². The number of aliphatic hydroxyl groups is 1. The number of rotatable bonds is 5. The SMILES string of the molecule is CN=C(C=CN)c1cc(N2C[C@@H](O)C[C@H]2C)c2c(n1)c(-c1ccn[nH]1)nn2CC(F)(F)F. The smallest absolute Gasteiger partial charge is 0.405 e. The van der Waals surface area contributed by atoms with Gasteiger partial charge in [-0.05, 0) is 37.8 Å². The van der Waals surface area contributed by atoms with E-state index in [0.717, 1.165) is 4.68 Å². The Bertz CT molecular complexity index is 1170. The standard InChI is InChI=1S/C20H23F3N8O/c1-11-7-12(32)9-30(11)16-8-15(13(25-2)3-5-24)27-18-17(14-4-6-26-28-14)29-31(19(16)18)10-20(21,22)23/h3-6,8,11-12,32H,7,9-10,24H2,1-2H3,(H,26,28)/t11-,12+/m1/s1. The molecule has 4 N–H and O–H groups in total. The van der Waals surface area contributed by atoms with Crippen molar-refractivity contribution in [2.24, 2.45) is 10.7 Å².